The van der Waals surface area contributed by atoms with E-state index in [1.165, 1.54) is 6.92 Å². The minimum Gasteiger partial charge on any atom is -0.435 e. The van der Waals surface area contributed by atoms with E-state index in [-0.39, 0.29) is 6.61 Å². The molecular weight excluding hydrogens is 246 g/mol. The first-order chi connectivity index (χ1) is 7.11. The van der Waals surface area contributed by atoms with Crippen LogP contribution in [-0.2, 0) is 9.47 Å². The summed E-state index contributed by atoms with van der Waals surface area (Å²) < 4.78 is 79.6. The summed E-state index contributed by atoms with van der Waals surface area (Å²) in [4.78, 5) is 10.4. The fourth-order valence-electron chi connectivity index (χ4n) is 0.627. The number of hydrogen-bond acceptors (Lipinski definition) is 3. The molecule has 1 atom stereocenters. The maximum atomic E-state index is 12.5. The van der Waals surface area contributed by atoms with Crippen LogP contribution < -0.4 is 0 Å². The van der Waals surface area contributed by atoms with Gasteiger partial charge < -0.3 is 9.47 Å². The van der Waals surface area contributed by atoms with Crippen molar-refractivity contribution < 1.29 is 40.6 Å². The Morgan fingerprint density at radius 2 is 1.69 bits per heavy atom. The molecule has 3 nitrogen and oxygen atoms in total. The van der Waals surface area contributed by atoms with Crippen LogP contribution in [0.1, 0.15) is 6.92 Å². The van der Waals surface area contributed by atoms with E-state index in [1.807, 2.05) is 0 Å². The van der Waals surface area contributed by atoms with Crippen molar-refractivity contribution >= 4 is 6.16 Å². The van der Waals surface area contributed by atoms with Crippen molar-refractivity contribution in [3.8, 4) is 0 Å². The van der Waals surface area contributed by atoms with E-state index in [0.717, 1.165) is 0 Å². The van der Waals surface area contributed by atoms with E-state index in [0.29, 0.717) is 0 Å². The Balaban J connectivity index is 4.30. The summed E-state index contributed by atoms with van der Waals surface area (Å²) in [6, 6.07) is 0. The maximum absolute atomic E-state index is 12.5. The molecule has 0 aliphatic carbocycles. The highest BCUT2D eigenvalue weighted by Gasteiger charge is 2.57. The highest BCUT2D eigenvalue weighted by atomic mass is 19.4. The third-order valence-corrected chi connectivity index (χ3v) is 1.30. The van der Waals surface area contributed by atoms with Crippen LogP contribution in [0.3, 0.4) is 0 Å². The second-order valence-corrected chi connectivity index (χ2v) is 2.64. The molecule has 0 aliphatic rings. The number of ether oxygens (including phenoxy) is 2. The molecule has 0 aliphatic heterocycles. The average molecular weight is 254 g/mol. The van der Waals surface area contributed by atoms with Gasteiger partial charge in [0.1, 0.15) is 0 Å². The standard InChI is InChI=1S/C7H8F6O3/c1-2-15-5(14)16-3-6(9,10)4(8)7(11,12)13/h4H,2-3H2,1H3. The summed E-state index contributed by atoms with van der Waals surface area (Å²) >= 11 is 0. The predicted octanol–water partition coefficient (Wildman–Crippen LogP) is 2.70. The van der Waals surface area contributed by atoms with Crippen LogP contribution in [0.2, 0.25) is 0 Å². The van der Waals surface area contributed by atoms with Crippen LogP contribution in [0.4, 0.5) is 31.1 Å². The Kier molecular flexibility index (Phi) is 4.88. The van der Waals surface area contributed by atoms with E-state index in [9.17, 15) is 31.1 Å². The normalized spacial score (nSPS) is 14.4. The molecule has 0 radical (unpaired) electrons. The van der Waals surface area contributed by atoms with Gasteiger partial charge in [0.25, 0.3) is 6.17 Å². The lowest BCUT2D eigenvalue weighted by atomic mass is 10.2. The van der Waals surface area contributed by atoms with Gasteiger partial charge in [-0.2, -0.15) is 22.0 Å². The zero-order valence-corrected chi connectivity index (χ0v) is 7.98. The van der Waals surface area contributed by atoms with Gasteiger partial charge in [0.15, 0.2) is 6.61 Å². The van der Waals surface area contributed by atoms with Crippen molar-refractivity contribution in [2.24, 2.45) is 0 Å². The Hall–Kier alpha value is -1.15. The lowest BCUT2D eigenvalue weighted by Gasteiger charge is -2.21. The Morgan fingerprint density at radius 3 is 2.06 bits per heavy atom. The summed E-state index contributed by atoms with van der Waals surface area (Å²) in [6.45, 7) is -0.914. The van der Waals surface area contributed by atoms with Crippen molar-refractivity contribution in [2.75, 3.05) is 13.2 Å². The molecular formula is C7H8F6O3. The largest absolute Gasteiger partial charge is 0.508 e. The number of alkyl halides is 6. The average Bonchev–Trinajstić information content (AvgIpc) is 2.13. The summed E-state index contributed by atoms with van der Waals surface area (Å²) in [5.41, 5.74) is 0. The Labute approximate surface area is 86.3 Å². The van der Waals surface area contributed by atoms with E-state index in [2.05, 4.69) is 9.47 Å². The SMILES string of the molecule is CCOC(=O)OCC(F)(F)C(F)C(F)(F)F. The maximum Gasteiger partial charge on any atom is 0.508 e. The molecule has 96 valence electrons. The van der Waals surface area contributed by atoms with E-state index in [1.54, 1.807) is 0 Å². The van der Waals surface area contributed by atoms with Crippen LogP contribution >= 0.6 is 0 Å². The van der Waals surface area contributed by atoms with Gasteiger partial charge >= 0.3 is 18.3 Å². The van der Waals surface area contributed by atoms with Gasteiger partial charge in [-0.15, -0.1) is 0 Å². The number of rotatable bonds is 4. The molecule has 0 bridgehead atoms. The molecule has 0 aromatic carbocycles. The smallest absolute Gasteiger partial charge is 0.435 e. The van der Waals surface area contributed by atoms with Crippen molar-refractivity contribution in [3.05, 3.63) is 0 Å². The van der Waals surface area contributed by atoms with E-state index >= 15 is 0 Å². The first kappa shape index (κ1) is 14.8. The quantitative estimate of drug-likeness (QED) is 0.571. The number of hydrogen-bond donors (Lipinski definition) is 0. The number of halogens is 6. The van der Waals surface area contributed by atoms with Gasteiger partial charge in [-0.05, 0) is 6.92 Å². The molecule has 0 aromatic rings. The van der Waals surface area contributed by atoms with Gasteiger partial charge in [-0.1, -0.05) is 0 Å². The summed E-state index contributed by atoms with van der Waals surface area (Å²) in [7, 11) is 0. The highest BCUT2D eigenvalue weighted by molar-refractivity contribution is 5.59. The zero-order chi connectivity index (χ0) is 13.0. The molecule has 0 rings (SSSR count). The molecule has 0 N–H and O–H groups in total. The minimum absolute atomic E-state index is 0.206. The van der Waals surface area contributed by atoms with Crippen LogP contribution in [0, 0.1) is 0 Å². The van der Waals surface area contributed by atoms with Gasteiger partial charge in [0.2, 0.25) is 0 Å². The van der Waals surface area contributed by atoms with Crippen LogP contribution in [0.25, 0.3) is 0 Å². The minimum atomic E-state index is -5.72. The van der Waals surface area contributed by atoms with Crippen molar-refractivity contribution in [3.63, 3.8) is 0 Å². The molecule has 0 saturated heterocycles. The lowest BCUT2D eigenvalue weighted by Crippen LogP contribution is -2.45. The monoisotopic (exact) mass is 254 g/mol. The van der Waals surface area contributed by atoms with Gasteiger partial charge in [-0.3, -0.25) is 0 Å². The number of carbonyl (C=O) groups is 1. The highest BCUT2D eigenvalue weighted by Crippen LogP contribution is 2.34. The summed E-state index contributed by atoms with van der Waals surface area (Å²) in [5, 5.41) is 0. The zero-order valence-electron chi connectivity index (χ0n) is 7.98. The molecule has 0 heterocycles. The fraction of sp³-hybridized carbons (Fsp3) is 0.857. The summed E-state index contributed by atoms with van der Waals surface area (Å²) in [5.74, 6) is -4.84. The summed E-state index contributed by atoms with van der Waals surface area (Å²) in [6.07, 6.45) is -11.7. The van der Waals surface area contributed by atoms with Crippen molar-refractivity contribution in [2.45, 2.75) is 25.2 Å². The van der Waals surface area contributed by atoms with Gasteiger partial charge in [0, 0.05) is 0 Å². The molecule has 0 saturated carbocycles. The first-order valence-electron chi connectivity index (χ1n) is 3.99. The molecule has 16 heavy (non-hydrogen) atoms. The molecule has 0 aromatic heterocycles. The molecule has 0 amide bonds. The first-order valence-corrected chi connectivity index (χ1v) is 3.99. The predicted molar refractivity (Wildman–Crippen MR) is 38.9 cm³/mol. The van der Waals surface area contributed by atoms with E-state index in [4.69, 9.17) is 0 Å². The lowest BCUT2D eigenvalue weighted by molar-refractivity contribution is -0.252. The number of carbonyl (C=O) groups excluding carboxylic acids is 1. The van der Waals surface area contributed by atoms with Crippen molar-refractivity contribution in [1.82, 2.24) is 0 Å². The third kappa shape index (κ3) is 4.58. The van der Waals surface area contributed by atoms with Crippen LogP contribution in [0.5, 0.6) is 0 Å². The fourth-order valence-corrected chi connectivity index (χ4v) is 0.627. The van der Waals surface area contributed by atoms with Gasteiger partial charge in [-0.25, -0.2) is 9.18 Å². The molecule has 9 heteroatoms. The van der Waals surface area contributed by atoms with E-state index < -0.39 is 31.0 Å². The van der Waals surface area contributed by atoms with Crippen LogP contribution in [0.15, 0.2) is 0 Å². The topological polar surface area (TPSA) is 35.5 Å². The third-order valence-electron chi connectivity index (χ3n) is 1.30. The Bertz CT molecular complexity index is 239. The van der Waals surface area contributed by atoms with Crippen molar-refractivity contribution in [1.29, 1.82) is 0 Å². The van der Waals surface area contributed by atoms with Gasteiger partial charge in [0.05, 0.1) is 6.61 Å². The second-order valence-electron chi connectivity index (χ2n) is 2.64. The molecule has 1 unspecified atom stereocenters. The molecule has 0 fully saturated rings. The van der Waals surface area contributed by atoms with Crippen LogP contribution in [-0.4, -0.2) is 37.6 Å². The second kappa shape index (κ2) is 5.26. The Morgan fingerprint density at radius 1 is 1.19 bits per heavy atom. The molecule has 0 spiro atoms.